The average Bonchev–Trinajstić information content (AvgIpc) is 2.26. The van der Waals surface area contributed by atoms with Gasteiger partial charge in [-0.2, -0.15) is 0 Å². The Balaban J connectivity index is 2.21. The van der Waals surface area contributed by atoms with E-state index in [-0.39, 0.29) is 13.2 Å². The summed E-state index contributed by atoms with van der Waals surface area (Å²) in [5.41, 5.74) is 1.20. The lowest BCUT2D eigenvalue weighted by Gasteiger charge is -2.11. The van der Waals surface area contributed by atoms with Crippen molar-refractivity contribution in [2.45, 2.75) is 12.5 Å². The summed E-state index contributed by atoms with van der Waals surface area (Å²) in [5, 5.41) is 17.5. The average molecular weight is 196 g/mol. The minimum atomic E-state index is -0.446. The number of rotatable bonds is 6. The van der Waals surface area contributed by atoms with Gasteiger partial charge in [-0.1, -0.05) is 30.3 Å². The van der Waals surface area contributed by atoms with Crippen LogP contribution in [-0.2, 0) is 11.2 Å². The van der Waals surface area contributed by atoms with E-state index >= 15 is 0 Å². The first kappa shape index (κ1) is 11.2. The van der Waals surface area contributed by atoms with Gasteiger partial charge in [0.25, 0.3) is 0 Å². The molecule has 0 radical (unpaired) electrons. The van der Waals surface area contributed by atoms with Gasteiger partial charge in [-0.05, 0) is 12.0 Å². The first-order valence-electron chi connectivity index (χ1n) is 4.74. The molecule has 0 fully saturated rings. The molecule has 0 spiro atoms. The first-order valence-corrected chi connectivity index (χ1v) is 4.74. The van der Waals surface area contributed by atoms with Crippen molar-refractivity contribution in [3.05, 3.63) is 35.9 Å². The van der Waals surface area contributed by atoms with Gasteiger partial charge >= 0.3 is 0 Å². The second-order valence-electron chi connectivity index (χ2n) is 3.09. The monoisotopic (exact) mass is 196 g/mol. The van der Waals surface area contributed by atoms with Crippen LogP contribution >= 0.6 is 0 Å². The fourth-order valence-electron chi connectivity index (χ4n) is 1.15. The molecular formula is C11H16O3. The van der Waals surface area contributed by atoms with Gasteiger partial charge in [-0.15, -0.1) is 0 Å². The quantitative estimate of drug-likeness (QED) is 0.700. The molecule has 1 aromatic rings. The number of ether oxygens (including phenoxy) is 1. The Morgan fingerprint density at radius 1 is 1.07 bits per heavy atom. The Kier molecular flexibility index (Phi) is 5.22. The molecule has 0 aliphatic carbocycles. The number of hydrogen-bond donors (Lipinski definition) is 2. The number of hydrogen-bond acceptors (Lipinski definition) is 3. The van der Waals surface area contributed by atoms with Gasteiger partial charge in [0.1, 0.15) is 6.10 Å². The molecule has 1 rings (SSSR count). The van der Waals surface area contributed by atoms with Crippen LogP contribution < -0.4 is 0 Å². The highest BCUT2D eigenvalue weighted by Gasteiger charge is 2.04. The summed E-state index contributed by atoms with van der Waals surface area (Å²) in [4.78, 5) is 0. The molecule has 3 nitrogen and oxygen atoms in total. The highest BCUT2D eigenvalue weighted by atomic mass is 16.5. The van der Waals surface area contributed by atoms with E-state index in [1.54, 1.807) is 0 Å². The number of aliphatic hydroxyl groups excluding tert-OH is 2. The van der Waals surface area contributed by atoms with Crippen molar-refractivity contribution in [1.29, 1.82) is 0 Å². The van der Waals surface area contributed by atoms with Crippen LogP contribution in [0.3, 0.4) is 0 Å². The molecule has 0 saturated heterocycles. The third kappa shape index (κ3) is 3.87. The Morgan fingerprint density at radius 2 is 1.71 bits per heavy atom. The van der Waals surface area contributed by atoms with E-state index in [4.69, 9.17) is 14.9 Å². The van der Waals surface area contributed by atoms with Crippen molar-refractivity contribution in [2.75, 3.05) is 19.8 Å². The zero-order valence-corrected chi connectivity index (χ0v) is 8.10. The summed E-state index contributed by atoms with van der Waals surface area (Å²) >= 11 is 0. The predicted molar refractivity (Wildman–Crippen MR) is 54.1 cm³/mol. The van der Waals surface area contributed by atoms with Gasteiger partial charge < -0.3 is 14.9 Å². The second kappa shape index (κ2) is 6.54. The summed E-state index contributed by atoms with van der Waals surface area (Å²) in [6.45, 7) is 0.256. The molecule has 14 heavy (non-hydrogen) atoms. The maximum atomic E-state index is 8.74. The van der Waals surface area contributed by atoms with E-state index in [2.05, 4.69) is 0 Å². The predicted octanol–water partition coefficient (Wildman–Crippen LogP) is 0.599. The standard InChI is InChI=1S/C11H16O3/c12-8-11(9-13)14-7-6-10-4-2-1-3-5-10/h1-5,11-13H,6-9H2. The molecule has 0 saturated carbocycles. The van der Waals surface area contributed by atoms with Crippen molar-refractivity contribution in [3.8, 4) is 0 Å². The molecule has 0 aromatic heterocycles. The maximum Gasteiger partial charge on any atom is 0.104 e. The third-order valence-electron chi connectivity index (χ3n) is 1.99. The van der Waals surface area contributed by atoms with Crippen LogP contribution in [-0.4, -0.2) is 36.1 Å². The van der Waals surface area contributed by atoms with E-state index < -0.39 is 6.10 Å². The Morgan fingerprint density at radius 3 is 2.29 bits per heavy atom. The number of benzene rings is 1. The highest BCUT2D eigenvalue weighted by Crippen LogP contribution is 2.00. The molecule has 0 amide bonds. The molecule has 0 aliphatic rings. The van der Waals surface area contributed by atoms with Gasteiger partial charge in [0.05, 0.1) is 19.8 Å². The number of aliphatic hydroxyl groups is 2. The Hall–Kier alpha value is -0.900. The molecule has 78 valence electrons. The molecule has 0 atom stereocenters. The summed E-state index contributed by atoms with van der Waals surface area (Å²) in [5.74, 6) is 0. The molecule has 1 aromatic carbocycles. The SMILES string of the molecule is OCC(CO)OCCc1ccccc1. The fraction of sp³-hybridized carbons (Fsp3) is 0.455. The van der Waals surface area contributed by atoms with Gasteiger partial charge in [0.15, 0.2) is 0 Å². The van der Waals surface area contributed by atoms with Crippen LogP contribution in [0.2, 0.25) is 0 Å². The minimum absolute atomic E-state index is 0.134. The lowest BCUT2D eigenvalue weighted by Crippen LogP contribution is -2.23. The molecule has 0 heterocycles. The van der Waals surface area contributed by atoms with Crippen molar-refractivity contribution >= 4 is 0 Å². The zero-order valence-electron chi connectivity index (χ0n) is 8.10. The van der Waals surface area contributed by atoms with Crippen LogP contribution in [0.5, 0.6) is 0 Å². The summed E-state index contributed by atoms with van der Waals surface area (Å²) < 4.78 is 5.24. The Bertz CT molecular complexity index is 232. The molecule has 0 aliphatic heterocycles. The van der Waals surface area contributed by atoms with Crippen LogP contribution in [0, 0.1) is 0 Å². The van der Waals surface area contributed by atoms with Crippen LogP contribution in [0.25, 0.3) is 0 Å². The maximum absolute atomic E-state index is 8.74. The molecular weight excluding hydrogens is 180 g/mol. The van der Waals surface area contributed by atoms with Gasteiger partial charge in [-0.3, -0.25) is 0 Å². The minimum Gasteiger partial charge on any atom is -0.394 e. The van der Waals surface area contributed by atoms with E-state index in [1.165, 1.54) is 5.56 Å². The zero-order chi connectivity index (χ0) is 10.2. The Labute approximate surface area is 84.0 Å². The summed E-state index contributed by atoms with van der Waals surface area (Å²) in [6.07, 6.45) is 0.357. The van der Waals surface area contributed by atoms with Crippen LogP contribution in [0.15, 0.2) is 30.3 Å². The third-order valence-corrected chi connectivity index (χ3v) is 1.99. The van der Waals surface area contributed by atoms with E-state index in [0.29, 0.717) is 6.61 Å². The van der Waals surface area contributed by atoms with Crippen molar-refractivity contribution in [3.63, 3.8) is 0 Å². The highest BCUT2D eigenvalue weighted by molar-refractivity contribution is 5.14. The van der Waals surface area contributed by atoms with E-state index in [1.807, 2.05) is 30.3 Å². The van der Waals surface area contributed by atoms with Crippen LogP contribution in [0.1, 0.15) is 5.56 Å². The summed E-state index contributed by atoms with van der Waals surface area (Å²) in [7, 11) is 0. The smallest absolute Gasteiger partial charge is 0.104 e. The fourth-order valence-corrected chi connectivity index (χ4v) is 1.15. The topological polar surface area (TPSA) is 49.7 Å². The van der Waals surface area contributed by atoms with E-state index in [9.17, 15) is 0 Å². The van der Waals surface area contributed by atoms with Crippen molar-refractivity contribution < 1.29 is 14.9 Å². The van der Waals surface area contributed by atoms with Crippen molar-refractivity contribution in [2.24, 2.45) is 0 Å². The molecule has 3 heteroatoms. The first-order chi connectivity index (χ1) is 6.86. The molecule has 0 bridgehead atoms. The van der Waals surface area contributed by atoms with E-state index in [0.717, 1.165) is 6.42 Å². The van der Waals surface area contributed by atoms with Crippen molar-refractivity contribution in [1.82, 2.24) is 0 Å². The van der Waals surface area contributed by atoms with Gasteiger partial charge in [0, 0.05) is 0 Å². The molecule has 2 N–H and O–H groups in total. The lowest BCUT2D eigenvalue weighted by molar-refractivity contribution is -0.0182. The van der Waals surface area contributed by atoms with Gasteiger partial charge in [0.2, 0.25) is 0 Å². The largest absolute Gasteiger partial charge is 0.394 e. The summed E-state index contributed by atoms with van der Waals surface area (Å²) in [6, 6.07) is 9.97. The lowest BCUT2D eigenvalue weighted by atomic mass is 10.2. The van der Waals surface area contributed by atoms with Gasteiger partial charge in [-0.25, -0.2) is 0 Å². The second-order valence-corrected chi connectivity index (χ2v) is 3.09. The molecule has 0 unspecified atom stereocenters. The van der Waals surface area contributed by atoms with Crippen LogP contribution in [0.4, 0.5) is 0 Å². The normalized spacial score (nSPS) is 10.8.